The number of carbonyl (C=O) groups excluding carboxylic acids is 2. The third-order valence-corrected chi connectivity index (χ3v) is 3.85. The Kier molecular flexibility index (Phi) is 4.24. The van der Waals surface area contributed by atoms with Gasteiger partial charge in [-0.15, -0.1) is 0 Å². The van der Waals surface area contributed by atoms with Crippen molar-refractivity contribution in [2.75, 3.05) is 6.54 Å². The van der Waals surface area contributed by atoms with Crippen molar-refractivity contribution in [1.82, 2.24) is 21.1 Å². The van der Waals surface area contributed by atoms with E-state index < -0.39 is 11.6 Å². The highest BCUT2D eigenvalue weighted by Gasteiger charge is 2.51. The summed E-state index contributed by atoms with van der Waals surface area (Å²) >= 11 is 5.06. The maximum atomic E-state index is 12.4. The Balaban J connectivity index is 2.00. The number of hydrogen-bond donors (Lipinski definition) is 3. The molecular formula is C12H20N4O2S. The fourth-order valence-electron chi connectivity index (χ4n) is 2.60. The number of thiocarbonyl (C=S) groups is 1. The summed E-state index contributed by atoms with van der Waals surface area (Å²) in [6.07, 6.45) is 5.41. The number of urea groups is 1. The van der Waals surface area contributed by atoms with E-state index in [1.54, 1.807) is 0 Å². The third-order valence-electron chi connectivity index (χ3n) is 3.62. The van der Waals surface area contributed by atoms with Crippen molar-refractivity contribution in [2.24, 2.45) is 0 Å². The third kappa shape index (κ3) is 2.80. The van der Waals surface area contributed by atoms with Gasteiger partial charge in [-0.1, -0.05) is 26.2 Å². The van der Waals surface area contributed by atoms with Gasteiger partial charge in [-0.05, 0) is 31.5 Å². The molecule has 1 aliphatic carbocycles. The molecule has 0 atom stereocenters. The molecule has 0 unspecified atom stereocenters. The summed E-state index contributed by atoms with van der Waals surface area (Å²) < 4.78 is 0. The Labute approximate surface area is 118 Å². The van der Waals surface area contributed by atoms with Crippen LogP contribution in [0.25, 0.3) is 0 Å². The van der Waals surface area contributed by atoms with E-state index in [0.717, 1.165) is 30.7 Å². The van der Waals surface area contributed by atoms with Gasteiger partial charge in [-0.2, -0.15) is 5.01 Å². The topological polar surface area (TPSA) is 73.5 Å². The molecule has 0 aromatic rings. The van der Waals surface area contributed by atoms with Crippen LogP contribution in [-0.2, 0) is 4.79 Å². The summed E-state index contributed by atoms with van der Waals surface area (Å²) in [6, 6.07) is -0.410. The summed E-state index contributed by atoms with van der Waals surface area (Å²) in [5.74, 6) is -0.210. The molecule has 2 aliphatic rings. The van der Waals surface area contributed by atoms with Crippen molar-refractivity contribution in [3.05, 3.63) is 0 Å². The first-order valence-corrected chi connectivity index (χ1v) is 7.21. The highest BCUT2D eigenvalue weighted by molar-refractivity contribution is 7.80. The highest BCUT2D eigenvalue weighted by atomic mass is 32.1. The lowest BCUT2D eigenvalue weighted by molar-refractivity contribution is -0.133. The minimum atomic E-state index is -0.706. The second-order valence-corrected chi connectivity index (χ2v) is 5.49. The summed E-state index contributed by atoms with van der Waals surface area (Å²) in [4.78, 5) is 24.3. The molecule has 0 bridgehead atoms. The Morgan fingerprint density at radius 3 is 2.68 bits per heavy atom. The van der Waals surface area contributed by atoms with Crippen LogP contribution in [0.4, 0.5) is 4.79 Å². The number of carbonyl (C=O) groups is 2. The lowest BCUT2D eigenvalue weighted by Crippen LogP contribution is -2.52. The Morgan fingerprint density at radius 1 is 1.37 bits per heavy atom. The van der Waals surface area contributed by atoms with E-state index in [0.29, 0.717) is 24.5 Å². The number of hydrogen-bond acceptors (Lipinski definition) is 3. The van der Waals surface area contributed by atoms with Crippen molar-refractivity contribution in [2.45, 2.75) is 51.0 Å². The largest absolute Gasteiger partial charge is 0.361 e. The van der Waals surface area contributed by atoms with Crippen LogP contribution in [0.15, 0.2) is 0 Å². The molecule has 0 aromatic carbocycles. The van der Waals surface area contributed by atoms with Crippen molar-refractivity contribution < 1.29 is 9.59 Å². The number of imide groups is 1. The van der Waals surface area contributed by atoms with Gasteiger partial charge in [0.1, 0.15) is 5.54 Å². The Morgan fingerprint density at radius 2 is 2.05 bits per heavy atom. The minimum Gasteiger partial charge on any atom is -0.361 e. The minimum absolute atomic E-state index is 0.210. The molecule has 1 saturated heterocycles. The molecule has 1 saturated carbocycles. The molecule has 0 radical (unpaired) electrons. The van der Waals surface area contributed by atoms with Gasteiger partial charge in [0.2, 0.25) is 0 Å². The summed E-state index contributed by atoms with van der Waals surface area (Å²) in [7, 11) is 0. The lowest BCUT2D eigenvalue weighted by Gasteiger charge is -2.30. The van der Waals surface area contributed by atoms with E-state index in [1.165, 1.54) is 0 Å². The molecule has 106 valence electrons. The molecule has 2 fully saturated rings. The van der Waals surface area contributed by atoms with Crippen LogP contribution >= 0.6 is 12.2 Å². The van der Waals surface area contributed by atoms with Gasteiger partial charge in [0, 0.05) is 6.54 Å². The van der Waals surface area contributed by atoms with Crippen LogP contribution in [0, 0.1) is 0 Å². The van der Waals surface area contributed by atoms with Crippen LogP contribution in [0.2, 0.25) is 0 Å². The molecule has 1 aliphatic heterocycles. The maximum absolute atomic E-state index is 12.4. The van der Waals surface area contributed by atoms with Gasteiger partial charge in [-0.3, -0.25) is 10.2 Å². The van der Waals surface area contributed by atoms with Crippen LogP contribution in [0.1, 0.15) is 45.4 Å². The Hall–Kier alpha value is -1.37. The maximum Gasteiger partial charge on any atom is 0.344 e. The SMILES string of the molecule is CCCNC(=S)NN1C(=O)NC2(CCCCC2)C1=O. The summed E-state index contributed by atoms with van der Waals surface area (Å²) in [5, 5.41) is 7.07. The van der Waals surface area contributed by atoms with Gasteiger partial charge in [0.05, 0.1) is 0 Å². The van der Waals surface area contributed by atoms with Crippen LogP contribution in [-0.4, -0.2) is 34.1 Å². The lowest BCUT2D eigenvalue weighted by atomic mass is 9.82. The smallest absolute Gasteiger partial charge is 0.344 e. The number of amides is 3. The summed E-state index contributed by atoms with van der Waals surface area (Å²) in [6.45, 7) is 2.72. The average Bonchev–Trinajstić information content (AvgIpc) is 2.62. The van der Waals surface area contributed by atoms with E-state index >= 15 is 0 Å². The van der Waals surface area contributed by atoms with Crippen molar-refractivity contribution in [1.29, 1.82) is 0 Å². The first-order valence-electron chi connectivity index (χ1n) is 6.80. The number of hydrazine groups is 1. The Bertz CT molecular complexity index is 393. The van der Waals surface area contributed by atoms with Gasteiger partial charge in [0.15, 0.2) is 5.11 Å². The van der Waals surface area contributed by atoms with Gasteiger partial charge >= 0.3 is 6.03 Å². The molecule has 0 aromatic heterocycles. The highest BCUT2D eigenvalue weighted by Crippen LogP contribution is 2.32. The van der Waals surface area contributed by atoms with E-state index in [9.17, 15) is 9.59 Å². The molecule has 7 heteroatoms. The quantitative estimate of drug-likeness (QED) is 0.533. The van der Waals surface area contributed by atoms with Gasteiger partial charge in [0.25, 0.3) is 5.91 Å². The normalized spacial score (nSPS) is 21.4. The predicted molar refractivity (Wildman–Crippen MR) is 75.2 cm³/mol. The van der Waals surface area contributed by atoms with Crippen molar-refractivity contribution in [3.63, 3.8) is 0 Å². The first kappa shape index (κ1) is 14.0. The van der Waals surface area contributed by atoms with Crippen LogP contribution in [0.5, 0.6) is 0 Å². The molecule has 2 rings (SSSR count). The molecule has 19 heavy (non-hydrogen) atoms. The van der Waals surface area contributed by atoms with Crippen LogP contribution in [0.3, 0.4) is 0 Å². The molecule has 3 amide bonds. The van der Waals surface area contributed by atoms with Gasteiger partial charge < -0.3 is 10.6 Å². The second-order valence-electron chi connectivity index (χ2n) is 5.08. The van der Waals surface area contributed by atoms with E-state index in [2.05, 4.69) is 16.1 Å². The zero-order chi connectivity index (χ0) is 13.9. The second kappa shape index (κ2) is 5.73. The fourth-order valence-corrected chi connectivity index (χ4v) is 2.79. The van der Waals surface area contributed by atoms with Crippen molar-refractivity contribution in [3.8, 4) is 0 Å². The zero-order valence-electron chi connectivity index (χ0n) is 11.1. The monoisotopic (exact) mass is 284 g/mol. The molecule has 3 N–H and O–H groups in total. The standard InChI is InChI=1S/C12H20N4O2S/c1-2-8-13-10(19)15-16-9(17)12(14-11(16)18)6-4-3-5-7-12/h2-8H2,1H3,(H,14,18)(H2,13,15,19). The molecule has 6 nitrogen and oxygen atoms in total. The molecule has 1 heterocycles. The first-order chi connectivity index (χ1) is 9.09. The van der Waals surface area contributed by atoms with E-state index in [-0.39, 0.29) is 5.91 Å². The van der Waals surface area contributed by atoms with Crippen molar-refractivity contribution >= 4 is 29.3 Å². The molecule has 1 spiro atoms. The van der Waals surface area contributed by atoms with Crippen LogP contribution < -0.4 is 16.1 Å². The van der Waals surface area contributed by atoms with Gasteiger partial charge in [-0.25, -0.2) is 4.79 Å². The fraction of sp³-hybridized carbons (Fsp3) is 0.750. The summed E-state index contributed by atoms with van der Waals surface area (Å²) in [5.41, 5.74) is 1.97. The molecular weight excluding hydrogens is 264 g/mol. The predicted octanol–water partition coefficient (Wildman–Crippen LogP) is 1.03. The van der Waals surface area contributed by atoms with E-state index in [4.69, 9.17) is 12.2 Å². The number of nitrogens with one attached hydrogen (secondary N) is 3. The van der Waals surface area contributed by atoms with E-state index in [1.807, 2.05) is 6.92 Å². The number of rotatable bonds is 3. The zero-order valence-corrected chi connectivity index (χ0v) is 11.9. The number of nitrogens with zero attached hydrogens (tertiary/aromatic N) is 1. The average molecular weight is 284 g/mol.